The smallest absolute Gasteiger partial charge is 0.378 e. The summed E-state index contributed by atoms with van der Waals surface area (Å²) in [6.07, 6.45) is -0.213. The summed E-state index contributed by atoms with van der Waals surface area (Å²) in [6.45, 7) is -0.106. The number of amides is 2. The molecule has 0 saturated carbocycles. The largest absolute Gasteiger partial charge is 0.471 e. The van der Waals surface area contributed by atoms with E-state index in [1.165, 1.54) is 0 Å². The summed E-state index contributed by atoms with van der Waals surface area (Å²) < 4.78 is 46.2. The summed E-state index contributed by atoms with van der Waals surface area (Å²) in [5.74, 6) is 3.71. The zero-order chi connectivity index (χ0) is 18.5. The molecule has 1 rings (SSSR count). The molecule has 0 aromatic carbocycles. The maximum absolute atomic E-state index is 11.9. The van der Waals surface area contributed by atoms with Gasteiger partial charge in [0.25, 0.3) is 0 Å². The number of halogens is 3. The van der Waals surface area contributed by atoms with Crippen LogP contribution >= 0.6 is 0 Å². The van der Waals surface area contributed by atoms with Crippen molar-refractivity contribution >= 4 is 11.8 Å². The van der Waals surface area contributed by atoms with Gasteiger partial charge in [-0.15, -0.1) is 5.92 Å². The van der Waals surface area contributed by atoms with Crippen molar-refractivity contribution < 1.29 is 32.2 Å². The Kier molecular flexibility index (Phi) is 9.96. The van der Waals surface area contributed by atoms with Crippen LogP contribution in [0.15, 0.2) is 0 Å². The van der Waals surface area contributed by atoms with Crippen LogP contribution < -0.4 is 10.6 Å². The Labute approximate surface area is 144 Å². The topological polar surface area (TPSA) is 76.7 Å². The summed E-state index contributed by atoms with van der Waals surface area (Å²) in [5.41, 5.74) is 0. The molecule has 2 amide bonds. The van der Waals surface area contributed by atoms with Crippen molar-refractivity contribution in [2.24, 2.45) is 0 Å². The van der Waals surface area contributed by atoms with Crippen LogP contribution in [0.3, 0.4) is 0 Å². The summed E-state index contributed by atoms with van der Waals surface area (Å²) in [7, 11) is 0. The van der Waals surface area contributed by atoms with Crippen molar-refractivity contribution in [3.05, 3.63) is 0 Å². The Balaban J connectivity index is 2.00. The minimum Gasteiger partial charge on any atom is -0.378 e. The van der Waals surface area contributed by atoms with E-state index < -0.39 is 12.1 Å². The van der Waals surface area contributed by atoms with E-state index in [-0.39, 0.29) is 44.9 Å². The molecule has 1 unspecified atom stereocenters. The summed E-state index contributed by atoms with van der Waals surface area (Å²) in [5, 5.41) is 4.25. The van der Waals surface area contributed by atoms with Gasteiger partial charge in [0.15, 0.2) is 0 Å². The number of carbonyl (C=O) groups is 2. The SMILES string of the molecule is O=C(COC1C#CCCCCC1)NCCOCCNC(=O)C(F)(F)F. The third-order valence-corrected chi connectivity index (χ3v) is 3.30. The van der Waals surface area contributed by atoms with Crippen molar-refractivity contribution in [1.82, 2.24) is 10.6 Å². The van der Waals surface area contributed by atoms with E-state index in [1.54, 1.807) is 5.32 Å². The van der Waals surface area contributed by atoms with E-state index in [0.29, 0.717) is 0 Å². The Morgan fingerprint density at radius 1 is 1.08 bits per heavy atom. The molecule has 1 aliphatic rings. The van der Waals surface area contributed by atoms with Crippen LogP contribution in [0.1, 0.15) is 32.1 Å². The quantitative estimate of drug-likeness (QED) is 0.475. The lowest BCUT2D eigenvalue weighted by Gasteiger charge is -2.13. The van der Waals surface area contributed by atoms with Gasteiger partial charge in [-0.3, -0.25) is 9.59 Å². The Morgan fingerprint density at radius 3 is 2.52 bits per heavy atom. The molecule has 0 fully saturated rings. The molecule has 6 nitrogen and oxygen atoms in total. The Morgan fingerprint density at radius 2 is 1.80 bits per heavy atom. The lowest BCUT2D eigenvalue weighted by molar-refractivity contribution is -0.173. The number of alkyl halides is 3. The molecule has 0 radical (unpaired) electrons. The van der Waals surface area contributed by atoms with Crippen LogP contribution in [0.2, 0.25) is 0 Å². The van der Waals surface area contributed by atoms with E-state index >= 15 is 0 Å². The number of rotatable bonds is 9. The molecule has 0 aliphatic heterocycles. The minimum atomic E-state index is -4.89. The number of ether oxygens (including phenoxy) is 2. The molecular formula is C16H23F3N2O4. The van der Waals surface area contributed by atoms with Gasteiger partial charge < -0.3 is 20.1 Å². The van der Waals surface area contributed by atoms with E-state index in [0.717, 1.165) is 32.1 Å². The first-order valence-electron chi connectivity index (χ1n) is 8.19. The molecule has 142 valence electrons. The predicted octanol–water partition coefficient (Wildman–Crippen LogP) is 1.15. The zero-order valence-corrected chi connectivity index (χ0v) is 13.9. The predicted molar refractivity (Wildman–Crippen MR) is 83.5 cm³/mol. The van der Waals surface area contributed by atoms with Crippen molar-refractivity contribution in [2.75, 3.05) is 32.9 Å². The first-order valence-corrected chi connectivity index (χ1v) is 8.19. The highest BCUT2D eigenvalue weighted by atomic mass is 19.4. The van der Waals surface area contributed by atoms with Crippen LogP contribution in [0.5, 0.6) is 0 Å². The normalized spacial score (nSPS) is 17.6. The van der Waals surface area contributed by atoms with Crippen LogP contribution in [-0.2, 0) is 19.1 Å². The molecule has 1 aliphatic carbocycles. The summed E-state index contributed by atoms with van der Waals surface area (Å²) in [6, 6.07) is 0. The molecular weight excluding hydrogens is 341 g/mol. The molecule has 1 atom stereocenters. The number of carbonyl (C=O) groups excluding carboxylic acids is 2. The van der Waals surface area contributed by atoms with Gasteiger partial charge >= 0.3 is 12.1 Å². The highest BCUT2D eigenvalue weighted by Crippen LogP contribution is 2.13. The van der Waals surface area contributed by atoms with Gasteiger partial charge in [0.1, 0.15) is 12.7 Å². The van der Waals surface area contributed by atoms with Crippen LogP contribution in [-0.4, -0.2) is 57.0 Å². The first kappa shape index (κ1) is 21.3. The third-order valence-electron chi connectivity index (χ3n) is 3.30. The van der Waals surface area contributed by atoms with Crippen LogP contribution in [0, 0.1) is 11.8 Å². The number of hydrogen-bond donors (Lipinski definition) is 2. The van der Waals surface area contributed by atoms with Crippen molar-refractivity contribution in [3.63, 3.8) is 0 Å². The lowest BCUT2D eigenvalue weighted by Crippen LogP contribution is -2.38. The molecule has 2 N–H and O–H groups in total. The van der Waals surface area contributed by atoms with E-state index in [1.807, 2.05) is 0 Å². The van der Waals surface area contributed by atoms with Crippen molar-refractivity contribution in [1.29, 1.82) is 0 Å². The van der Waals surface area contributed by atoms with E-state index in [9.17, 15) is 22.8 Å². The average molecular weight is 364 g/mol. The molecule has 0 spiro atoms. The van der Waals surface area contributed by atoms with Crippen molar-refractivity contribution in [2.45, 2.75) is 44.4 Å². The third kappa shape index (κ3) is 10.6. The summed E-state index contributed by atoms with van der Waals surface area (Å²) >= 11 is 0. The number of hydrogen-bond acceptors (Lipinski definition) is 4. The first-order chi connectivity index (χ1) is 11.9. The molecule has 9 heteroatoms. The van der Waals surface area contributed by atoms with E-state index in [4.69, 9.17) is 9.47 Å². The molecule has 25 heavy (non-hydrogen) atoms. The maximum atomic E-state index is 11.9. The average Bonchev–Trinajstić information content (AvgIpc) is 2.51. The zero-order valence-electron chi connectivity index (χ0n) is 13.9. The fourth-order valence-electron chi connectivity index (χ4n) is 2.03. The number of nitrogens with one attached hydrogen (secondary N) is 2. The molecule has 0 bridgehead atoms. The standard InChI is InChI=1S/C16H23F3N2O4/c17-16(18,19)15(23)21-9-11-24-10-8-20-14(22)12-25-13-6-4-2-1-3-5-7-13/h13H,1-4,6,8-12H2,(H,20,22)(H,21,23). The maximum Gasteiger partial charge on any atom is 0.471 e. The molecule has 0 heterocycles. The Bertz CT molecular complexity index is 486. The highest BCUT2D eigenvalue weighted by Gasteiger charge is 2.38. The van der Waals surface area contributed by atoms with E-state index in [2.05, 4.69) is 17.2 Å². The van der Waals surface area contributed by atoms with Crippen LogP contribution in [0.25, 0.3) is 0 Å². The fraction of sp³-hybridized carbons (Fsp3) is 0.750. The summed E-state index contributed by atoms with van der Waals surface area (Å²) in [4.78, 5) is 22.1. The van der Waals surface area contributed by atoms with Gasteiger partial charge in [-0.25, -0.2) is 0 Å². The second-order valence-corrected chi connectivity index (χ2v) is 5.44. The second kappa shape index (κ2) is 11.7. The van der Waals surface area contributed by atoms with Gasteiger partial charge in [0.2, 0.25) is 5.91 Å². The van der Waals surface area contributed by atoms with Crippen LogP contribution in [0.4, 0.5) is 13.2 Å². The lowest BCUT2D eigenvalue weighted by atomic mass is 10.1. The second-order valence-electron chi connectivity index (χ2n) is 5.44. The Hall–Kier alpha value is -1.79. The molecule has 0 aromatic heterocycles. The minimum absolute atomic E-state index is 0.0775. The molecule has 0 saturated heterocycles. The van der Waals surface area contributed by atoms with Gasteiger partial charge in [-0.2, -0.15) is 13.2 Å². The van der Waals surface area contributed by atoms with Gasteiger partial charge in [-0.05, 0) is 19.3 Å². The fourth-order valence-corrected chi connectivity index (χ4v) is 2.03. The monoisotopic (exact) mass is 364 g/mol. The highest BCUT2D eigenvalue weighted by molar-refractivity contribution is 5.81. The van der Waals surface area contributed by atoms with Crippen molar-refractivity contribution in [3.8, 4) is 11.8 Å². The van der Waals surface area contributed by atoms with Gasteiger partial charge in [0.05, 0.1) is 13.2 Å². The van der Waals surface area contributed by atoms with Gasteiger partial charge in [0, 0.05) is 19.5 Å². The van der Waals surface area contributed by atoms with Gasteiger partial charge in [-0.1, -0.05) is 12.3 Å². The molecule has 0 aromatic rings.